The van der Waals surface area contributed by atoms with E-state index in [4.69, 9.17) is 9.84 Å². The summed E-state index contributed by atoms with van der Waals surface area (Å²) >= 11 is 0. The molecule has 1 aliphatic carbocycles. The first-order valence-corrected chi connectivity index (χ1v) is 13.0. The zero-order valence-electron chi connectivity index (χ0n) is 21.8. The van der Waals surface area contributed by atoms with Crippen molar-refractivity contribution in [2.75, 3.05) is 25.0 Å². The van der Waals surface area contributed by atoms with Gasteiger partial charge in [0.2, 0.25) is 5.91 Å². The highest BCUT2D eigenvalue weighted by atomic mass is 19.3. The van der Waals surface area contributed by atoms with Crippen molar-refractivity contribution in [3.8, 4) is 23.1 Å². The molecule has 12 heteroatoms. The topological polar surface area (TPSA) is 149 Å². The van der Waals surface area contributed by atoms with E-state index in [1.54, 1.807) is 30.6 Å². The third-order valence-corrected chi connectivity index (χ3v) is 7.24. The lowest BCUT2D eigenvalue weighted by Crippen LogP contribution is -2.57. The molecule has 3 N–H and O–H groups in total. The summed E-state index contributed by atoms with van der Waals surface area (Å²) in [5.41, 5.74) is 2.55. The maximum atomic E-state index is 14.8. The van der Waals surface area contributed by atoms with Gasteiger partial charge in [0.15, 0.2) is 12.2 Å². The number of nitrogens with zero attached hydrogens (tertiary/aromatic N) is 4. The molecule has 0 bridgehead atoms. The van der Waals surface area contributed by atoms with Crippen molar-refractivity contribution in [3.05, 3.63) is 72.2 Å². The first kappa shape index (κ1) is 28.1. The molecule has 2 fully saturated rings. The highest BCUT2D eigenvalue weighted by Gasteiger charge is 2.48. The summed E-state index contributed by atoms with van der Waals surface area (Å²) in [6, 6.07) is 13.5. The fourth-order valence-corrected chi connectivity index (χ4v) is 4.92. The Hall–Kier alpha value is -4.47. The van der Waals surface area contributed by atoms with Gasteiger partial charge in [-0.05, 0) is 54.3 Å². The molecule has 4 atom stereocenters. The van der Waals surface area contributed by atoms with Gasteiger partial charge in [-0.25, -0.2) is 8.78 Å². The monoisotopic (exact) mass is 563 g/mol. The zero-order valence-corrected chi connectivity index (χ0v) is 21.8. The van der Waals surface area contributed by atoms with Crippen LogP contribution < -0.4 is 10.1 Å². The van der Waals surface area contributed by atoms with Gasteiger partial charge in [-0.15, -0.1) is 0 Å². The number of hydrogen-bond acceptors (Lipinski definition) is 8. The van der Waals surface area contributed by atoms with Crippen LogP contribution >= 0.6 is 0 Å². The molecule has 10 nitrogen and oxygen atoms in total. The maximum absolute atomic E-state index is 14.8. The number of nitrogens with one attached hydrogen (secondary N) is 1. The van der Waals surface area contributed by atoms with Gasteiger partial charge in [0.1, 0.15) is 11.8 Å². The second-order valence-corrected chi connectivity index (χ2v) is 10.1. The van der Waals surface area contributed by atoms with E-state index in [-0.39, 0.29) is 42.0 Å². The van der Waals surface area contributed by atoms with Crippen LogP contribution in [0, 0.1) is 17.2 Å². The van der Waals surface area contributed by atoms with Crippen LogP contribution in [0.25, 0.3) is 11.3 Å². The van der Waals surface area contributed by atoms with Crippen LogP contribution in [0.3, 0.4) is 0 Å². The second-order valence-electron chi connectivity index (χ2n) is 10.1. The minimum absolute atomic E-state index is 0.0149. The van der Waals surface area contributed by atoms with Crippen LogP contribution in [0.15, 0.2) is 61.1 Å². The Kier molecular flexibility index (Phi) is 7.92. The average molecular weight is 564 g/mol. The molecule has 2 aliphatic rings. The van der Waals surface area contributed by atoms with Crippen molar-refractivity contribution < 1.29 is 33.3 Å². The van der Waals surface area contributed by atoms with Crippen molar-refractivity contribution in [2.45, 2.75) is 36.9 Å². The molecular formula is C29H27F2N5O5. The van der Waals surface area contributed by atoms with Crippen LogP contribution in [0.1, 0.15) is 29.9 Å². The molecule has 1 aliphatic heterocycles. The number of alkyl halides is 2. The number of ether oxygens (including phenoxy) is 1. The maximum Gasteiger partial charge on any atom is 0.301 e. The number of amides is 2. The van der Waals surface area contributed by atoms with E-state index >= 15 is 0 Å². The molecule has 0 unspecified atom stereocenters. The van der Waals surface area contributed by atoms with Gasteiger partial charge in [0, 0.05) is 48.7 Å². The molecule has 3 heterocycles. The van der Waals surface area contributed by atoms with Gasteiger partial charge in [-0.2, -0.15) is 5.26 Å². The van der Waals surface area contributed by atoms with Crippen LogP contribution in [-0.2, 0) is 9.59 Å². The van der Waals surface area contributed by atoms with Gasteiger partial charge < -0.3 is 25.2 Å². The number of piperidine rings is 1. The summed E-state index contributed by atoms with van der Waals surface area (Å²) in [6.07, 6.45) is 2.10. The summed E-state index contributed by atoms with van der Waals surface area (Å²) in [5, 5.41) is 31.1. The molecule has 2 aromatic heterocycles. The van der Waals surface area contributed by atoms with E-state index in [2.05, 4.69) is 15.3 Å². The number of pyridine rings is 2. The highest BCUT2D eigenvalue weighted by molar-refractivity contribution is 5.95. The molecule has 5 rings (SSSR count). The number of likely N-dealkylation sites (tertiary alicyclic amines) is 1. The minimum Gasteiger partial charge on any atom is -0.483 e. The summed E-state index contributed by atoms with van der Waals surface area (Å²) in [7, 11) is 0. The SMILES string of the molecule is N#Cc1cc(-c2cc(NC(=O)[C@@H]3C[C@H]3c3cccnc3)ccn2)ccc1O[C@H]1CCN(C(=O)[C@@H](O)CO)CC1(F)F. The molecule has 1 saturated heterocycles. The minimum atomic E-state index is -3.46. The smallest absolute Gasteiger partial charge is 0.301 e. The number of halogens is 2. The van der Waals surface area contributed by atoms with E-state index < -0.39 is 37.2 Å². The molecule has 3 aromatic rings. The Bertz CT molecular complexity index is 1480. The zero-order chi connectivity index (χ0) is 29.1. The number of nitriles is 1. The van der Waals surface area contributed by atoms with E-state index in [1.165, 1.54) is 18.3 Å². The summed E-state index contributed by atoms with van der Waals surface area (Å²) in [4.78, 5) is 34.0. The number of anilines is 1. The van der Waals surface area contributed by atoms with Crippen molar-refractivity contribution in [3.63, 3.8) is 0 Å². The molecule has 0 spiro atoms. The van der Waals surface area contributed by atoms with Gasteiger partial charge in [-0.1, -0.05) is 6.07 Å². The molecule has 2 amide bonds. The van der Waals surface area contributed by atoms with Gasteiger partial charge in [0.25, 0.3) is 5.91 Å². The number of benzene rings is 1. The Morgan fingerprint density at radius 3 is 2.78 bits per heavy atom. The second kappa shape index (κ2) is 11.6. The van der Waals surface area contributed by atoms with Crippen LogP contribution in [0.2, 0.25) is 0 Å². The number of carbonyl (C=O) groups excluding carboxylic acids is 2. The summed E-state index contributed by atoms with van der Waals surface area (Å²) in [5.74, 6) is -4.62. The average Bonchev–Trinajstić information content (AvgIpc) is 3.79. The van der Waals surface area contributed by atoms with Crippen LogP contribution in [0.4, 0.5) is 14.5 Å². The normalized spacial score (nSPS) is 21.8. The fraction of sp³-hybridized carbons (Fsp3) is 0.345. The van der Waals surface area contributed by atoms with E-state index in [0.717, 1.165) is 16.9 Å². The number of aliphatic hydroxyl groups is 2. The number of aliphatic hydroxyl groups excluding tert-OH is 2. The Morgan fingerprint density at radius 2 is 2.07 bits per heavy atom. The van der Waals surface area contributed by atoms with Crippen molar-refractivity contribution in [1.82, 2.24) is 14.9 Å². The molecule has 0 radical (unpaired) electrons. The Labute approximate surface area is 234 Å². The van der Waals surface area contributed by atoms with E-state index in [9.17, 15) is 28.7 Å². The van der Waals surface area contributed by atoms with Gasteiger partial charge in [-0.3, -0.25) is 19.6 Å². The van der Waals surface area contributed by atoms with Gasteiger partial charge in [0.05, 0.1) is 24.4 Å². The van der Waals surface area contributed by atoms with Crippen molar-refractivity contribution in [2.24, 2.45) is 5.92 Å². The summed E-state index contributed by atoms with van der Waals surface area (Å²) in [6.45, 7) is -1.96. The Balaban J connectivity index is 1.25. The quantitative estimate of drug-likeness (QED) is 0.379. The van der Waals surface area contributed by atoms with Gasteiger partial charge >= 0.3 is 5.92 Å². The predicted molar refractivity (Wildman–Crippen MR) is 142 cm³/mol. The first-order chi connectivity index (χ1) is 19.7. The van der Waals surface area contributed by atoms with Crippen molar-refractivity contribution in [1.29, 1.82) is 5.26 Å². The lowest BCUT2D eigenvalue weighted by molar-refractivity contribution is -0.167. The lowest BCUT2D eigenvalue weighted by atomic mass is 10.0. The van der Waals surface area contributed by atoms with Crippen molar-refractivity contribution >= 4 is 17.5 Å². The largest absolute Gasteiger partial charge is 0.483 e. The Morgan fingerprint density at radius 1 is 1.24 bits per heavy atom. The standard InChI is InChI=1S/C29H27F2N5O5/c30-29(31)16-36(28(40)24(38)15-37)9-6-26(29)41-25-4-3-17(10-19(25)13-32)23-11-20(5-8-34-23)35-27(39)22-12-21(22)18-2-1-7-33-14-18/h1-5,7-8,10-11,14,21-22,24,26,37-38H,6,9,12,15-16H2,(H,34,35,39)/t21-,22+,24-,26-/m0/s1. The molecule has 1 saturated carbocycles. The lowest BCUT2D eigenvalue weighted by Gasteiger charge is -2.38. The van der Waals surface area contributed by atoms with Crippen LogP contribution in [-0.4, -0.2) is 74.7 Å². The number of aromatic nitrogens is 2. The van der Waals surface area contributed by atoms with Crippen LogP contribution in [0.5, 0.6) is 5.75 Å². The molecular weight excluding hydrogens is 536 g/mol. The summed E-state index contributed by atoms with van der Waals surface area (Å²) < 4.78 is 35.2. The van der Waals surface area contributed by atoms with E-state index in [1.807, 2.05) is 18.2 Å². The third kappa shape index (κ3) is 6.16. The molecule has 41 heavy (non-hydrogen) atoms. The fourth-order valence-electron chi connectivity index (χ4n) is 4.92. The third-order valence-electron chi connectivity index (χ3n) is 7.24. The highest BCUT2D eigenvalue weighted by Crippen LogP contribution is 2.47. The van der Waals surface area contributed by atoms with E-state index in [0.29, 0.717) is 16.9 Å². The first-order valence-electron chi connectivity index (χ1n) is 13.0. The molecule has 1 aromatic carbocycles. The number of carbonyl (C=O) groups is 2. The molecule has 212 valence electrons. The predicted octanol–water partition coefficient (Wildman–Crippen LogP) is 2.73. The number of hydrogen-bond donors (Lipinski definition) is 3. The number of rotatable bonds is 8.